The lowest BCUT2D eigenvalue weighted by Crippen LogP contribution is -2.45. The van der Waals surface area contributed by atoms with Gasteiger partial charge in [-0.05, 0) is 42.2 Å². The Morgan fingerprint density at radius 2 is 1.97 bits per heavy atom. The van der Waals surface area contributed by atoms with Crippen molar-refractivity contribution in [1.82, 2.24) is 10.3 Å². The third-order valence-corrected chi connectivity index (χ3v) is 6.46. The van der Waals surface area contributed by atoms with Crippen molar-refractivity contribution in [1.29, 1.82) is 0 Å². The van der Waals surface area contributed by atoms with E-state index >= 15 is 0 Å². The Balaban J connectivity index is 1.54. The summed E-state index contributed by atoms with van der Waals surface area (Å²) in [4.78, 5) is 30.0. The highest BCUT2D eigenvalue weighted by Crippen LogP contribution is 2.30. The van der Waals surface area contributed by atoms with E-state index < -0.39 is 11.9 Å². The molecule has 30 heavy (non-hydrogen) atoms. The molecule has 0 fully saturated rings. The van der Waals surface area contributed by atoms with Gasteiger partial charge in [-0.15, -0.1) is 11.3 Å². The summed E-state index contributed by atoms with van der Waals surface area (Å²) in [6, 6.07) is 17.6. The van der Waals surface area contributed by atoms with Crippen LogP contribution in [0.3, 0.4) is 0 Å². The fourth-order valence-electron chi connectivity index (χ4n) is 2.99. The number of benzene rings is 2. The maximum absolute atomic E-state index is 13.0. The Kier molecular flexibility index (Phi) is 6.15. The summed E-state index contributed by atoms with van der Waals surface area (Å²) in [7, 11) is 0. The van der Waals surface area contributed by atoms with E-state index in [2.05, 4.69) is 15.6 Å². The second kappa shape index (κ2) is 9.15. The van der Waals surface area contributed by atoms with Crippen LogP contribution in [0.15, 0.2) is 75.7 Å². The number of nitrogens with zero attached hydrogens (tertiary/aromatic N) is 1. The van der Waals surface area contributed by atoms with Crippen LogP contribution >= 0.6 is 23.1 Å². The lowest BCUT2D eigenvalue weighted by Gasteiger charge is -2.18. The van der Waals surface area contributed by atoms with Gasteiger partial charge in [-0.25, -0.2) is 4.98 Å². The molecule has 0 unspecified atom stereocenters. The zero-order chi connectivity index (χ0) is 20.9. The van der Waals surface area contributed by atoms with E-state index in [0.29, 0.717) is 12.1 Å². The van der Waals surface area contributed by atoms with Crippen molar-refractivity contribution in [3.63, 3.8) is 0 Å². The highest BCUT2D eigenvalue weighted by molar-refractivity contribution is 8.00. The number of thiazole rings is 1. The van der Waals surface area contributed by atoms with E-state index in [9.17, 15) is 9.59 Å². The maximum atomic E-state index is 13.0. The third kappa shape index (κ3) is 4.72. The number of rotatable bonds is 7. The normalized spacial score (nSPS) is 11.9. The highest BCUT2D eigenvalue weighted by Gasteiger charge is 2.23. The summed E-state index contributed by atoms with van der Waals surface area (Å²) in [5.41, 5.74) is 2.50. The van der Waals surface area contributed by atoms with Crippen molar-refractivity contribution in [2.45, 2.75) is 16.8 Å². The van der Waals surface area contributed by atoms with Crippen LogP contribution in [0.5, 0.6) is 0 Å². The molecule has 0 aliphatic carbocycles. The molecule has 2 aromatic carbocycles. The molecule has 8 heteroatoms. The molecular formula is C22H19N3O3S2. The molecular weight excluding hydrogens is 418 g/mol. The molecule has 4 rings (SSSR count). The van der Waals surface area contributed by atoms with Gasteiger partial charge in [0.05, 0.1) is 16.5 Å². The van der Waals surface area contributed by atoms with E-state index in [-0.39, 0.29) is 11.7 Å². The molecule has 0 aliphatic heterocycles. The quantitative estimate of drug-likeness (QED) is 0.413. The van der Waals surface area contributed by atoms with Crippen LogP contribution < -0.4 is 10.6 Å². The Labute approximate surface area is 181 Å². The molecule has 0 radical (unpaired) electrons. The maximum Gasteiger partial charge on any atom is 0.287 e. The standard InChI is InChI=1S/C22H19N3O3S2/c1-29-22-25-16-10-9-15(13-19(16)30-22)23-20(26)17(12-14-6-3-2-4-7-14)24-21(27)18-8-5-11-28-18/h2-11,13,17H,12H2,1H3,(H,23,26)(H,24,27)/t17-/m1/s1. The summed E-state index contributed by atoms with van der Waals surface area (Å²) >= 11 is 3.17. The molecule has 0 saturated heterocycles. The van der Waals surface area contributed by atoms with Crippen LogP contribution in [0, 0.1) is 0 Å². The van der Waals surface area contributed by atoms with Gasteiger partial charge in [0.15, 0.2) is 10.1 Å². The van der Waals surface area contributed by atoms with Crippen LogP contribution in [-0.2, 0) is 11.2 Å². The number of carbonyl (C=O) groups is 2. The van der Waals surface area contributed by atoms with Crippen molar-refractivity contribution < 1.29 is 14.0 Å². The topological polar surface area (TPSA) is 84.2 Å². The largest absolute Gasteiger partial charge is 0.459 e. The minimum Gasteiger partial charge on any atom is -0.459 e. The van der Waals surface area contributed by atoms with Gasteiger partial charge in [0, 0.05) is 12.1 Å². The first-order valence-electron chi connectivity index (χ1n) is 9.26. The Hall–Kier alpha value is -3.10. The van der Waals surface area contributed by atoms with Gasteiger partial charge in [0.25, 0.3) is 5.91 Å². The SMILES string of the molecule is CSc1nc2ccc(NC(=O)[C@@H](Cc3ccccc3)NC(=O)c3ccco3)cc2s1. The first-order chi connectivity index (χ1) is 14.6. The number of thioether (sulfide) groups is 1. The van der Waals surface area contributed by atoms with Crippen molar-refractivity contribution in [2.75, 3.05) is 11.6 Å². The summed E-state index contributed by atoms with van der Waals surface area (Å²) in [5, 5.41) is 5.70. The number of aromatic nitrogens is 1. The molecule has 2 aromatic heterocycles. The molecule has 2 amide bonds. The highest BCUT2D eigenvalue weighted by atomic mass is 32.2. The number of nitrogens with one attached hydrogen (secondary N) is 2. The van der Waals surface area contributed by atoms with Crippen molar-refractivity contribution >= 4 is 50.8 Å². The average Bonchev–Trinajstić information content (AvgIpc) is 3.43. The van der Waals surface area contributed by atoms with E-state index in [1.165, 1.54) is 6.26 Å². The minimum atomic E-state index is -0.760. The number of hydrogen-bond acceptors (Lipinski definition) is 6. The fourth-order valence-corrected chi connectivity index (χ4v) is 4.52. The molecule has 152 valence electrons. The number of anilines is 1. The molecule has 0 aliphatic rings. The molecule has 6 nitrogen and oxygen atoms in total. The number of amides is 2. The molecule has 2 N–H and O–H groups in total. The zero-order valence-electron chi connectivity index (χ0n) is 16.1. The predicted octanol–water partition coefficient (Wildman–Crippen LogP) is 4.59. The minimum absolute atomic E-state index is 0.163. The predicted molar refractivity (Wildman–Crippen MR) is 120 cm³/mol. The first kappa shape index (κ1) is 20.2. The molecule has 2 heterocycles. The van der Waals surface area contributed by atoms with Gasteiger partial charge >= 0.3 is 0 Å². The van der Waals surface area contributed by atoms with E-state index in [0.717, 1.165) is 20.1 Å². The van der Waals surface area contributed by atoms with Crippen LogP contribution in [0.2, 0.25) is 0 Å². The van der Waals surface area contributed by atoms with E-state index in [4.69, 9.17) is 4.42 Å². The Morgan fingerprint density at radius 1 is 1.13 bits per heavy atom. The van der Waals surface area contributed by atoms with Crippen LogP contribution in [0.4, 0.5) is 5.69 Å². The second-order valence-corrected chi connectivity index (χ2v) is 8.63. The number of hydrogen-bond donors (Lipinski definition) is 2. The summed E-state index contributed by atoms with van der Waals surface area (Å²) in [5.74, 6) is -0.567. The van der Waals surface area contributed by atoms with Gasteiger partial charge in [-0.2, -0.15) is 0 Å². The molecule has 0 bridgehead atoms. The second-order valence-electron chi connectivity index (χ2n) is 6.55. The number of fused-ring (bicyclic) bond motifs is 1. The summed E-state index contributed by atoms with van der Waals surface area (Å²) in [6.07, 6.45) is 3.77. The lowest BCUT2D eigenvalue weighted by atomic mass is 10.0. The summed E-state index contributed by atoms with van der Waals surface area (Å²) < 4.78 is 7.12. The van der Waals surface area contributed by atoms with Crippen LogP contribution in [-0.4, -0.2) is 29.1 Å². The molecule has 1 atom stereocenters. The van der Waals surface area contributed by atoms with Gasteiger partial charge in [0.1, 0.15) is 6.04 Å². The van der Waals surface area contributed by atoms with Crippen LogP contribution in [0.25, 0.3) is 10.2 Å². The number of furan rings is 1. The average molecular weight is 438 g/mol. The number of carbonyl (C=O) groups excluding carboxylic acids is 2. The smallest absolute Gasteiger partial charge is 0.287 e. The fraction of sp³-hybridized carbons (Fsp3) is 0.136. The Morgan fingerprint density at radius 3 is 2.70 bits per heavy atom. The summed E-state index contributed by atoms with van der Waals surface area (Å²) in [6.45, 7) is 0. The lowest BCUT2D eigenvalue weighted by molar-refractivity contribution is -0.118. The first-order valence-corrected chi connectivity index (χ1v) is 11.3. The van der Waals surface area contributed by atoms with Gasteiger partial charge in [-0.1, -0.05) is 42.1 Å². The monoisotopic (exact) mass is 437 g/mol. The molecule has 0 saturated carbocycles. The third-order valence-electron chi connectivity index (χ3n) is 4.46. The van der Waals surface area contributed by atoms with E-state index in [1.807, 2.05) is 54.8 Å². The molecule has 4 aromatic rings. The van der Waals surface area contributed by atoms with E-state index in [1.54, 1.807) is 35.2 Å². The molecule has 0 spiro atoms. The van der Waals surface area contributed by atoms with Crippen molar-refractivity contribution in [3.05, 3.63) is 78.3 Å². The zero-order valence-corrected chi connectivity index (χ0v) is 17.8. The van der Waals surface area contributed by atoms with Crippen molar-refractivity contribution in [3.8, 4) is 0 Å². The van der Waals surface area contributed by atoms with Crippen LogP contribution in [0.1, 0.15) is 16.1 Å². The van der Waals surface area contributed by atoms with Gasteiger partial charge < -0.3 is 15.1 Å². The Bertz CT molecular complexity index is 1160. The van der Waals surface area contributed by atoms with Gasteiger partial charge in [-0.3, -0.25) is 9.59 Å². The van der Waals surface area contributed by atoms with Crippen molar-refractivity contribution in [2.24, 2.45) is 0 Å². The van der Waals surface area contributed by atoms with Gasteiger partial charge in [0.2, 0.25) is 5.91 Å².